The lowest BCUT2D eigenvalue weighted by Gasteiger charge is -2.32. The lowest BCUT2D eigenvalue weighted by molar-refractivity contribution is -0.125. The van der Waals surface area contributed by atoms with Gasteiger partial charge in [0.15, 0.2) is 0 Å². The van der Waals surface area contributed by atoms with Crippen molar-refractivity contribution in [3.05, 3.63) is 0 Å². The Labute approximate surface area is 107 Å². The van der Waals surface area contributed by atoms with E-state index in [2.05, 4.69) is 60.4 Å². The van der Waals surface area contributed by atoms with Gasteiger partial charge in [0.25, 0.3) is 0 Å². The summed E-state index contributed by atoms with van der Waals surface area (Å²) in [6, 6.07) is 0. The third-order valence-corrected chi connectivity index (χ3v) is 2.28. The molecule has 1 atom stereocenters. The molecule has 17 heavy (non-hydrogen) atoms. The molecule has 0 heterocycles. The molecule has 0 aromatic carbocycles. The van der Waals surface area contributed by atoms with Gasteiger partial charge in [-0.2, -0.15) is 0 Å². The van der Waals surface area contributed by atoms with E-state index in [9.17, 15) is 0 Å². The van der Waals surface area contributed by atoms with Crippen LogP contribution >= 0.6 is 0 Å². The number of hydrogen-bond donors (Lipinski definition) is 0. The Kier molecular flexibility index (Phi) is 6.67. The van der Waals surface area contributed by atoms with E-state index in [1.165, 1.54) is 0 Å². The quantitative estimate of drug-likeness (QED) is 0.718. The smallest absolute Gasteiger partial charge is 0.0942 e. The molecule has 0 aromatic heterocycles. The van der Waals surface area contributed by atoms with Crippen molar-refractivity contribution >= 4 is 0 Å². The molecule has 0 aromatic rings. The molecule has 104 valence electrons. The van der Waals surface area contributed by atoms with Gasteiger partial charge in [-0.1, -0.05) is 6.92 Å². The first-order chi connectivity index (χ1) is 7.53. The zero-order valence-corrected chi connectivity index (χ0v) is 13.0. The summed E-state index contributed by atoms with van der Waals surface area (Å²) in [5, 5.41) is 0. The molecule has 3 heteroatoms. The monoisotopic (exact) mass is 245 g/mol. The number of nitrogens with zero attached hydrogens (tertiary/aromatic N) is 1. The highest BCUT2D eigenvalue weighted by molar-refractivity contribution is 4.71. The lowest BCUT2D eigenvalue weighted by Crippen LogP contribution is -2.40. The van der Waals surface area contributed by atoms with Gasteiger partial charge in [0.05, 0.1) is 23.9 Å². The number of hydrogen-bond acceptors (Lipinski definition) is 3. The van der Waals surface area contributed by atoms with Crippen LogP contribution in [0.3, 0.4) is 0 Å². The Bertz CT molecular complexity index is 203. The number of ether oxygens (including phenoxy) is 2. The third-order valence-electron chi connectivity index (χ3n) is 2.28. The average molecular weight is 245 g/mol. The summed E-state index contributed by atoms with van der Waals surface area (Å²) >= 11 is 0. The van der Waals surface area contributed by atoms with E-state index in [0.29, 0.717) is 6.61 Å². The topological polar surface area (TPSA) is 21.7 Å². The Morgan fingerprint density at radius 2 is 1.53 bits per heavy atom. The standard InChI is InChI=1S/C14H31NO2/c1-9-15(8)10-12(17-14(5,6)7)11-16-13(2,3)4/h12H,9-11H2,1-8H3. The van der Waals surface area contributed by atoms with Gasteiger partial charge in [-0.25, -0.2) is 0 Å². The van der Waals surface area contributed by atoms with Crippen molar-refractivity contribution in [3.8, 4) is 0 Å². The summed E-state index contributed by atoms with van der Waals surface area (Å²) in [4.78, 5) is 2.25. The maximum Gasteiger partial charge on any atom is 0.0942 e. The van der Waals surface area contributed by atoms with E-state index in [1.807, 2.05) is 0 Å². The molecule has 0 saturated heterocycles. The normalized spacial score (nSPS) is 15.4. The summed E-state index contributed by atoms with van der Waals surface area (Å²) in [7, 11) is 2.11. The Hall–Kier alpha value is -0.120. The van der Waals surface area contributed by atoms with Gasteiger partial charge in [0.1, 0.15) is 0 Å². The zero-order chi connectivity index (χ0) is 13.7. The highest BCUT2D eigenvalue weighted by Gasteiger charge is 2.22. The van der Waals surface area contributed by atoms with Crippen LogP contribution in [0.25, 0.3) is 0 Å². The first-order valence-electron chi connectivity index (χ1n) is 6.54. The molecule has 0 saturated carbocycles. The molecule has 0 fully saturated rings. The highest BCUT2D eigenvalue weighted by Crippen LogP contribution is 2.15. The average Bonchev–Trinajstić information content (AvgIpc) is 2.10. The lowest BCUT2D eigenvalue weighted by atomic mass is 10.1. The SMILES string of the molecule is CCN(C)CC(COC(C)(C)C)OC(C)(C)C. The first kappa shape index (κ1) is 16.9. The molecule has 0 spiro atoms. The van der Waals surface area contributed by atoms with Crippen molar-refractivity contribution in [2.24, 2.45) is 0 Å². The number of rotatable bonds is 6. The highest BCUT2D eigenvalue weighted by atomic mass is 16.6. The summed E-state index contributed by atoms with van der Waals surface area (Å²) in [6.45, 7) is 17.2. The van der Waals surface area contributed by atoms with Crippen LogP contribution in [0.2, 0.25) is 0 Å². The molecular weight excluding hydrogens is 214 g/mol. The predicted molar refractivity (Wildman–Crippen MR) is 73.5 cm³/mol. The van der Waals surface area contributed by atoms with Crippen LogP contribution in [-0.4, -0.2) is 49.0 Å². The van der Waals surface area contributed by atoms with E-state index in [-0.39, 0.29) is 17.3 Å². The van der Waals surface area contributed by atoms with Gasteiger partial charge in [-0.15, -0.1) is 0 Å². The fourth-order valence-corrected chi connectivity index (χ4v) is 1.44. The minimum Gasteiger partial charge on any atom is -0.373 e. The molecule has 0 aliphatic heterocycles. The molecule has 0 radical (unpaired) electrons. The van der Waals surface area contributed by atoms with Crippen molar-refractivity contribution < 1.29 is 9.47 Å². The van der Waals surface area contributed by atoms with Crippen LogP contribution in [0.5, 0.6) is 0 Å². The molecule has 0 N–H and O–H groups in total. The summed E-state index contributed by atoms with van der Waals surface area (Å²) in [6.07, 6.45) is 0.124. The molecule has 0 bridgehead atoms. The largest absolute Gasteiger partial charge is 0.373 e. The molecule has 1 unspecified atom stereocenters. The van der Waals surface area contributed by atoms with Crippen LogP contribution in [0.1, 0.15) is 48.5 Å². The van der Waals surface area contributed by atoms with Gasteiger partial charge in [-0.3, -0.25) is 0 Å². The van der Waals surface area contributed by atoms with Crippen LogP contribution in [-0.2, 0) is 9.47 Å². The second-order valence-electron chi connectivity index (χ2n) is 6.63. The minimum atomic E-state index is -0.125. The van der Waals surface area contributed by atoms with Gasteiger partial charge >= 0.3 is 0 Å². The third kappa shape index (κ3) is 10.7. The van der Waals surface area contributed by atoms with E-state index in [1.54, 1.807) is 0 Å². The van der Waals surface area contributed by atoms with Crippen LogP contribution < -0.4 is 0 Å². The van der Waals surface area contributed by atoms with Crippen LogP contribution in [0.4, 0.5) is 0 Å². The Morgan fingerprint density at radius 1 is 1.00 bits per heavy atom. The van der Waals surface area contributed by atoms with Crippen LogP contribution in [0.15, 0.2) is 0 Å². The molecule has 3 nitrogen and oxygen atoms in total. The van der Waals surface area contributed by atoms with Crippen molar-refractivity contribution in [1.29, 1.82) is 0 Å². The molecule has 0 aliphatic carbocycles. The fraction of sp³-hybridized carbons (Fsp3) is 1.00. The van der Waals surface area contributed by atoms with E-state index in [0.717, 1.165) is 13.1 Å². The first-order valence-corrected chi connectivity index (χ1v) is 6.54. The van der Waals surface area contributed by atoms with Gasteiger partial charge in [0, 0.05) is 6.54 Å². The predicted octanol–water partition coefficient (Wildman–Crippen LogP) is 2.94. The van der Waals surface area contributed by atoms with Crippen molar-refractivity contribution in [2.45, 2.75) is 65.8 Å². The summed E-state index contributed by atoms with van der Waals surface area (Å²) < 4.78 is 11.9. The molecule has 0 amide bonds. The fourth-order valence-electron chi connectivity index (χ4n) is 1.44. The molecule has 0 aliphatic rings. The minimum absolute atomic E-state index is 0.107. The van der Waals surface area contributed by atoms with Gasteiger partial charge in [-0.05, 0) is 55.1 Å². The van der Waals surface area contributed by atoms with Crippen LogP contribution in [0, 0.1) is 0 Å². The van der Waals surface area contributed by atoms with E-state index in [4.69, 9.17) is 9.47 Å². The van der Waals surface area contributed by atoms with Gasteiger partial charge in [0.2, 0.25) is 0 Å². The van der Waals surface area contributed by atoms with Gasteiger partial charge < -0.3 is 14.4 Å². The summed E-state index contributed by atoms with van der Waals surface area (Å²) in [5.41, 5.74) is -0.231. The second kappa shape index (κ2) is 6.72. The number of likely N-dealkylation sites (N-methyl/N-ethyl adjacent to an activating group) is 1. The maximum atomic E-state index is 6.04. The second-order valence-corrected chi connectivity index (χ2v) is 6.63. The Morgan fingerprint density at radius 3 is 1.88 bits per heavy atom. The summed E-state index contributed by atoms with van der Waals surface area (Å²) in [5.74, 6) is 0. The zero-order valence-electron chi connectivity index (χ0n) is 13.0. The van der Waals surface area contributed by atoms with Crippen molar-refractivity contribution in [2.75, 3.05) is 26.7 Å². The van der Waals surface area contributed by atoms with E-state index < -0.39 is 0 Å². The molecular formula is C14H31NO2. The van der Waals surface area contributed by atoms with E-state index >= 15 is 0 Å². The van der Waals surface area contributed by atoms with Crippen molar-refractivity contribution in [1.82, 2.24) is 4.90 Å². The Balaban J connectivity index is 4.30. The molecule has 0 rings (SSSR count). The van der Waals surface area contributed by atoms with Crippen molar-refractivity contribution in [3.63, 3.8) is 0 Å². The maximum absolute atomic E-state index is 6.04.